The fraction of sp³-hybridized carbons (Fsp3) is 0.150. The Balaban J connectivity index is 1.62. The third kappa shape index (κ3) is 3.15. The highest BCUT2D eigenvalue weighted by atomic mass is 35.5. The average molecular weight is 404 g/mol. The van der Waals surface area contributed by atoms with E-state index in [-0.39, 0.29) is 17.8 Å². The van der Waals surface area contributed by atoms with Gasteiger partial charge >= 0.3 is 0 Å². The van der Waals surface area contributed by atoms with E-state index in [1.807, 2.05) is 31.2 Å². The van der Waals surface area contributed by atoms with E-state index in [0.717, 1.165) is 16.7 Å². The minimum Gasteiger partial charge on any atom is -0.493 e. The molecule has 0 fully saturated rings. The number of para-hydroxylation sites is 1. The van der Waals surface area contributed by atoms with Gasteiger partial charge in [-0.05, 0) is 37.3 Å². The number of hydrogen-bond donors (Lipinski definition) is 1. The van der Waals surface area contributed by atoms with Gasteiger partial charge in [0.15, 0.2) is 11.3 Å². The van der Waals surface area contributed by atoms with Crippen molar-refractivity contribution in [3.05, 3.63) is 63.9 Å². The van der Waals surface area contributed by atoms with Crippen molar-refractivity contribution in [3.63, 3.8) is 0 Å². The number of thiophene rings is 1. The van der Waals surface area contributed by atoms with Gasteiger partial charge < -0.3 is 14.5 Å². The summed E-state index contributed by atoms with van der Waals surface area (Å²) in [6.45, 7) is 1.82. The van der Waals surface area contributed by atoms with Gasteiger partial charge in [0.05, 0.1) is 18.2 Å². The van der Waals surface area contributed by atoms with Crippen molar-refractivity contribution < 1.29 is 18.3 Å². The van der Waals surface area contributed by atoms with Gasteiger partial charge in [0.2, 0.25) is 0 Å². The Morgan fingerprint density at radius 1 is 1.30 bits per heavy atom. The summed E-state index contributed by atoms with van der Waals surface area (Å²) in [6.07, 6.45) is 0. The van der Waals surface area contributed by atoms with Crippen molar-refractivity contribution in [2.24, 2.45) is 0 Å². The Labute approximate surface area is 163 Å². The zero-order valence-electron chi connectivity index (χ0n) is 14.5. The molecule has 0 bridgehead atoms. The van der Waals surface area contributed by atoms with Crippen LogP contribution in [0.3, 0.4) is 0 Å². The molecule has 7 heteroatoms. The van der Waals surface area contributed by atoms with Crippen LogP contribution in [0.2, 0.25) is 5.02 Å². The van der Waals surface area contributed by atoms with Gasteiger partial charge in [0, 0.05) is 15.5 Å². The lowest BCUT2D eigenvalue weighted by atomic mass is 10.2. The smallest absolute Gasteiger partial charge is 0.263 e. The molecule has 27 heavy (non-hydrogen) atoms. The largest absolute Gasteiger partial charge is 0.493 e. The Bertz CT molecular complexity index is 1170. The van der Waals surface area contributed by atoms with Crippen molar-refractivity contribution in [2.75, 3.05) is 7.11 Å². The predicted molar refractivity (Wildman–Crippen MR) is 105 cm³/mol. The van der Waals surface area contributed by atoms with Gasteiger partial charge in [-0.2, -0.15) is 0 Å². The van der Waals surface area contributed by atoms with Gasteiger partial charge in [-0.3, -0.25) is 4.79 Å². The zero-order valence-corrected chi connectivity index (χ0v) is 16.1. The molecular weight excluding hydrogens is 389 g/mol. The maximum Gasteiger partial charge on any atom is 0.263 e. The topological polar surface area (TPSA) is 51.5 Å². The number of methoxy groups -OCH3 is 1. The van der Waals surface area contributed by atoms with Gasteiger partial charge in [-0.25, -0.2) is 4.39 Å². The molecule has 0 aliphatic carbocycles. The number of rotatable bonds is 4. The molecule has 2 heterocycles. The van der Waals surface area contributed by atoms with Crippen LogP contribution >= 0.6 is 22.9 Å². The monoisotopic (exact) mass is 403 g/mol. The number of fused-ring (bicyclic) bond motifs is 2. The first-order valence-corrected chi connectivity index (χ1v) is 9.42. The molecule has 0 saturated carbocycles. The van der Waals surface area contributed by atoms with Crippen LogP contribution in [0.15, 0.2) is 46.9 Å². The molecular formula is C20H15ClFNO3S. The number of benzene rings is 2. The molecule has 2 aromatic heterocycles. The molecule has 0 aliphatic heterocycles. The van der Waals surface area contributed by atoms with Crippen LogP contribution in [0.1, 0.15) is 28.4 Å². The Morgan fingerprint density at radius 2 is 2.11 bits per heavy atom. The normalized spacial score (nSPS) is 12.4. The van der Waals surface area contributed by atoms with Crippen molar-refractivity contribution in [1.82, 2.24) is 5.32 Å². The molecule has 1 N–H and O–H groups in total. The number of carbonyl (C=O) groups excluding carboxylic acids is 1. The molecule has 1 atom stereocenters. The first-order chi connectivity index (χ1) is 13.0. The third-order valence-corrected chi connectivity index (χ3v) is 5.98. The lowest BCUT2D eigenvalue weighted by molar-refractivity contribution is 0.0940. The van der Waals surface area contributed by atoms with E-state index in [2.05, 4.69) is 5.32 Å². The summed E-state index contributed by atoms with van der Waals surface area (Å²) in [7, 11) is 1.58. The molecule has 4 nitrogen and oxygen atoms in total. The van der Waals surface area contributed by atoms with Crippen molar-refractivity contribution >= 4 is 49.9 Å². The van der Waals surface area contributed by atoms with Crippen LogP contribution in [0.5, 0.6) is 5.75 Å². The molecule has 1 unspecified atom stereocenters. The quantitative estimate of drug-likeness (QED) is 0.458. The lowest BCUT2D eigenvalue weighted by Crippen LogP contribution is -2.25. The van der Waals surface area contributed by atoms with E-state index in [1.165, 1.54) is 12.1 Å². The molecule has 2 aromatic carbocycles. The van der Waals surface area contributed by atoms with Crippen LogP contribution in [0, 0.1) is 5.82 Å². The van der Waals surface area contributed by atoms with Crippen LogP contribution in [0.25, 0.3) is 21.1 Å². The predicted octanol–water partition coefficient (Wildman–Crippen LogP) is 5.94. The molecule has 0 radical (unpaired) electrons. The van der Waals surface area contributed by atoms with E-state index < -0.39 is 0 Å². The highest BCUT2D eigenvalue weighted by molar-refractivity contribution is 7.21. The summed E-state index contributed by atoms with van der Waals surface area (Å²) in [4.78, 5) is 13.0. The van der Waals surface area contributed by atoms with E-state index >= 15 is 0 Å². The average Bonchev–Trinajstić information content (AvgIpc) is 3.22. The third-order valence-electron chi connectivity index (χ3n) is 4.32. The first kappa shape index (κ1) is 17.8. The Kier molecular flexibility index (Phi) is 4.53. The van der Waals surface area contributed by atoms with Gasteiger partial charge in [-0.15, -0.1) is 11.3 Å². The van der Waals surface area contributed by atoms with Crippen LogP contribution in [0.4, 0.5) is 4.39 Å². The van der Waals surface area contributed by atoms with Crippen molar-refractivity contribution in [3.8, 4) is 5.75 Å². The fourth-order valence-electron chi connectivity index (χ4n) is 2.95. The number of halogens is 2. The maximum atomic E-state index is 13.4. The second kappa shape index (κ2) is 6.87. The zero-order chi connectivity index (χ0) is 19.1. The Morgan fingerprint density at radius 3 is 2.89 bits per heavy atom. The SMILES string of the molecule is COc1cccc2cc(C(C)NC(=O)c3sc4cc(F)ccc4c3Cl)oc12. The van der Waals surface area contributed by atoms with Crippen molar-refractivity contribution in [1.29, 1.82) is 0 Å². The number of carbonyl (C=O) groups is 1. The molecule has 1 amide bonds. The summed E-state index contributed by atoms with van der Waals surface area (Å²) >= 11 is 7.48. The van der Waals surface area contributed by atoms with Gasteiger partial charge in [0.1, 0.15) is 16.5 Å². The number of hydrogen-bond acceptors (Lipinski definition) is 4. The standard InChI is InChI=1S/C20H15ClFNO3S/c1-10(15-8-11-4-3-5-14(25-2)18(11)26-15)23-20(24)19-17(21)13-7-6-12(22)9-16(13)27-19/h3-10H,1-2H3,(H,23,24). The highest BCUT2D eigenvalue weighted by Gasteiger charge is 2.21. The van der Waals surface area contributed by atoms with E-state index in [4.69, 9.17) is 20.8 Å². The second-order valence-electron chi connectivity index (χ2n) is 6.11. The van der Waals surface area contributed by atoms with E-state index in [1.54, 1.807) is 13.2 Å². The summed E-state index contributed by atoms with van der Waals surface area (Å²) in [5, 5.41) is 4.76. The van der Waals surface area contributed by atoms with E-state index in [0.29, 0.717) is 37.1 Å². The minimum atomic E-state index is -0.382. The molecule has 4 aromatic rings. The van der Waals surface area contributed by atoms with Crippen molar-refractivity contribution in [2.45, 2.75) is 13.0 Å². The minimum absolute atomic E-state index is 0.325. The summed E-state index contributed by atoms with van der Waals surface area (Å²) < 4.78 is 25.2. The molecule has 138 valence electrons. The second-order valence-corrected chi connectivity index (χ2v) is 7.54. The maximum absolute atomic E-state index is 13.4. The number of amides is 1. The fourth-order valence-corrected chi connectivity index (χ4v) is 4.39. The lowest BCUT2D eigenvalue weighted by Gasteiger charge is -2.10. The van der Waals surface area contributed by atoms with Crippen LogP contribution in [-0.2, 0) is 0 Å². The molecule has 4 rings (SSSR count). The van der Waals surface area contributed by atoms with Crippen LogP contribution < -0.4 is 10.1 Å². The number of ether oxygens (including phenoxy) is 1. The van der Waals surface area contributed by atoms with Crippen LogP contribution in [-0.4, -0.2) is 13.0 Å². The Hall–Kier alpha value is -2.57. The summed E-state index contributed by atoms with van der Waals surface area (Å²) in [6, 6.07) is 11.4. The highest BCUT2D eigenvalue weighted by Crippen LogP contribution is 2.36. The van der Waals surface area contributed by atoms with E-state index in [9.17, 15) is 9.18 Å². The summed E-state index contributed by atoms with van der Waals surface area (Å²) in [5.74, 6) is 0.538. The molecule has 0 aliphatic rings. The number of nitrogens with one attached hydrogen (secondary N) is 1. The summed E-state index contributed by atoms with van der Waals surface area (Å²) in [5.41, 5.74) is 0.631. The van der Waals surface area contributed by atoms with Gasteiger partial charge in [0.25, 0.3) is 5.91 Å². The molecule has 0 saturated heterocycles. The molecule has 0 spiro atoms. The number of furan rings is 1. The first-order valence-electron chi connectivity index (χ1n) is 8.23. The van der Waals surface area contributed by atoms with Gasteiger partial charge in [-0.1, -0.05) is 23.7 Å².